The highest BCUT2D eigenvalue weighted by Gasteiger charge is 2.30. The van der Waals surface area contributed by atoms with E-state index in [0.717, 1.165) is 18.9 Å². The Hall–Kier alpha value is -3.07. The third-order valence-electron chi connectivity index (χ3n) is 5.52. The fourth-order valence-electron chi connectivity index (χ4n) is 3.66. The van der Waals surface area contributed by atoms with Crippen LogP contribution in [0, 0.1) is 12.7 Å². The maximum absolute atomic E-state index is 15.0. The van der Waals surface area contributed by atoms with Gasteiger partial charge in [-0.1, -0.05) is 18.2 Å². The van der Waals surface area contributed by atoms with Crippen LogP contribution in [0.15, 0.2) is 30.3 Å². The van der Waals surface area contributed by atoms with E-state index in [4.69, 9.17) is 18.3 Å². The molecule has 0 spiro atoms. The van der Waals surface area contributed by atoms with Crippen molar-refractivity contribution < 1.29 is 31.5 Å². The van der Waals surface area contributed by atoms with E-state index in [1.807, 2.05) is 0 Å². The van der Waals surface area contributed by atoms with E-state index in [0.29, 0.717) is 36.1 Å². The molecule has 1 aromatic heterocycles. The van der Waals surface area contributed by atoms with Gasteiger partial charge in [0.25, 0.3) is 5.92 Å². The quantitative estimate of drug-likeness (QED) is 0.365. The number of benzene rings is 2. The first-order valence-corrected chi connectivity index (χ1v) is 11.0. The summed E-state index contributed by atoms with van der Waals surface area (Å²) in [5.41, 5.74) is -0.297. The standard InChI is InChI=1S/C25H28F3N3O3/c1-14(17-6-5-7-19(23(17)26)25(3,27)28)29-24-18-12-22(34-11-10-33-16-8-9-16)21(32-4)13-20(18)30-15(2)31-24/h5-7,12-14,16H,8-11H2,1-4H3,(H,29,30,31)/t14-/m1/s1/i4D3. The van der Waals surface area contributed by atoms with E-state index in [1.54, 1.807) is 13.8 Å². The van der Waals surface area contributed by atoms with Crippen LogP contribution < -0.4 is 14.8 Å². The normalized spacial score (nSPS) is 16.5. The lowest BCUT2D eigenvalue weighted by Gasteiger charge is -2.21. The van der Waals surface area contributed by atoms with E-state index < -0.39 is 30.4 Å². The summed E-state index contributed by atoms with van der Waals surface area (Å²) in [6.07, 6.45) is 2.25. The molecule has 6 nitrogen and oxygen atoms in total. The Labute approximate surface area is 200 Å². The van der Waals surface area contributed by atoms with Gasteiger partial charge in [0, 0.05) is 23.9 Å². The molecule has 0 aliphatic heterocycles. The van der Waals surface area contributed by atoms with E-state index >= 15 is 0 Å². The van der Waals surface area contributed by atoms with Crippen LogP contribution in [-0.2, 0) is 10.7 Å². The number of fused-ring (bicyclic) bond motifs is 1. The predicted molar refractivity (Wildman–Crippen MR) is 123 cm³/mol. The molecule has 1 heterocycles. The molecule has 182 valence electrons. The number of hydrogen-bond acceptors (Lipinski definition) is 6. The van der Waals surface area contributed by atoms with Gasteiger partial charge in [0.05, 0.1) is 41.0 Å². The van der Waals surface area contributed by atoms with Gasteiger partial charge in [-0.15, -0.1) is 0 Å². The summed E-state index contributed by atoms with van der Waals surface area (Å²) in [7, 11) is -2.72. The molecule has 1 fully saturated rings. The molecule has 4 rings (SSSR count). The zero-order valence-corrected chi connectivity index (χ0v) is 19.1. The third-order valence-corrected chi connectivity index (χ3v) is 5.52. The summed E-state index contributed by atoms with van der Waals surface area (Å²) in [5, 5.41) is 3.53. The van der Waals surface area contributed by atoms with Crippen molar-refractivity contribution in [3.05, 3.63) is 53.1 Å². The minimum atomic E-state index is -3.34. The molecule has 0 amide bonds. The average molecular weight is 479 g/mol. The molecule has 0 radical (unpaired) electrons. The number of nitrogens with one attached hydrogen (secondary N) is 1. The number of aryl methyl sites for hydroxylation is 1. The minimum absolute atomic E-state index is 0.0278. The van der Waals surface area contributed by atoms with Crippen LogP contribution in [0.2, 0.25) is 0 Å². The third kappa shape index (κ3) is 5.35. The molecule has 0 unspecified atom stereocenters. The fourth-order valence-corrected chi connectivity index (χ4v) is 3.66. The first-order valence-electron chi connectivity index (χ1n) is 12.5. The average Bonchev–Trinajstić information content (AvgIpc) is 3.59. The van der Waals surface area contributed by atoms with Gasteiger partial charge in [-0.05, 0) is 32.8 Å². The number of rotatable bonds is 10. The molecule has 1 N–H and O–H groups in total. The molecule has 1 atom stereocenters. The Bertz CT molecular complexity index is 1280. The summed E-state index contributed by atoms with van der Waals surface area (Å²) in [4.78, 5) is 8.79. The molecule has 1 aliphatic rings. The minimum Gasteiger partial charge on any atom is -0.493 e. The highest BCUT2D eigenvalue weighted by molar-refractivity contribution is 5.92. The van der Waals surface area contributed by atoms with Gasteiger partial charge in [-0.2, -0.15) is 0 Å². The molecule has 0 bridgehead atoms. The van der Waals surface area contributed by atoms with Gasteiger partial charge in [0.1, 0.15) is 24.1 Å². The van der Waals surface area contributed by atoms with Crippen LogP contribution >= 0.6 is 0 Å². The molecule has 34 heavy (non-hydrogen) atoms. The molecule has 1 aliphatic carbocycles. The van der Waals surface area contributed by atoms with E-state index in [9.17, 15) is 13.2 Å². The van der Waals surface area contributed by atoms with Crippen molar-refractivity contribution in [1.29, 1.82) is 0 Å². The second-order valence-electron chi connectivity index (χ2n) is 8.42. The molecule has 9 heteroatoms. The van der Waals surface area contributed by atoms with Crippen molar-refractivity contribution in [2.75, 3.05) is 25.6 Å². The van der Waals surface area contributed by atoms with Gasteiger partial charge in [-0.25, -0.2) is 23.1 Å². The number of alkyl halides is 2. The smallest absolute Gasteiger partial charge is 0.273 e. The van der Waals surface area contributed by atoms with Gasteiger partial charge in [0.2, 0.25) is 0 Å². The van der Waals surface area contributed by atoms with Gasteiger partial charge >= 0.3 is 0 Å². The number of nitrogens with zero attached hydrogens (tertiary/aromatic N) is 2. The Morgan fingerprint density at radius 1 is 1.21 bits per heavy atom. The Balaban J connectivity index is 1.68. The van der Waals surface area contributed by atoms with Crippen molar-refractivity contribution in [3.8, 4) is 11.5 Å². The lowest BCUT2D eigenvalue weighted by Crippen LogP contribution is -2.16. The van der Waals surface area contributed by atoms with E-state index in [1.165, 1.54) is 24.3 Å². The van der Waals surface area contributed by atoms with Gasteiger partial charge < -0.3 is 19.5 Å². The van der Waals surface area contributed by atoms with Crippen LogP contribution in [0.1, 0.15) is 53.8 Å². The van der Waals surface area contributed by atoms with Crippen molar-refractivity contribution in [2.24, 2.45) is 0 Å². The number of aromatic nitrogens is 2. The predicted octanol–water partition coefficient (Wildman–Crippen LogP) is 5.93. The number of halogens is 3. The molecule has 1 saturated carbocycles. The lowest BCUT2D eigenvalue weighted by molar-refractivity contribution is 0.0136. The summed E-state index contributed by atoms with van der Waals surface area (Å²) in [6, 6.07) is 6.08. The highest BCUT2D eigenvalue weighted by atomic mass is 19.3. The van der Waals surface area contributed by atoms with Crippen molar-refractivity contribution in [2.45, 2.75) is 51.7 Å². The molecule has 0 saturated heterocycles. The number of methoxy groups -OCH3 is 1. The van der Waals surface area contributed by atoms with Crippen LogP contribution in [-0.4, -0.2) is 36.3 Å². The zero-order chi connectivity index (χ0) is 27.0. The molecule has 3 aromatic rings. The zero-order valence-electron chi connectivity index (χ0n) is 22.1. The van der Waals surface area contributed by atoms with Crippen LogP contribution in [0.3, 0.4) is 0 Å². The van der Waals surface area contributed by atoms with Crippen LogP contribution in [0.25, 0.3) is 10.9 Å². The largest absolute Gasteiger partial charge is 0.493 e. The lowest BCUT2D eigenvalue weighted by atomic mass is 10.0. The molecular formula is C25H28F3N3O3. The Morgan fingerprint density at radius 3 is 2.71 bits per heavy atom. The Kier molecular flexibility index (Phi) is 5.77. The highest BCUT2D eigenvalue weighted by Crippen LogP contribution is 2.37. The second-order valence-corrected chi connectivity index (χ2v) is 8.42. The summed E-state index contributed by atoms with van der Waals surface area (Å²) < 4.78 is 81.7. The summed E-state index contributed by atoms with van der Waals surface area (Å²) in [5.74, 6) is -3.58. The summed E-state index contributed by atoms with van der Waals surface area (Å²) >= 11 is 0. The first-order chi connectivity index (χ1) is 17.3. The van der Waals surface area contributed by atoms with Gasteiger partial charge in [0.15, 0.2) is 11.5 Å². The van der Waals surface area contributed by atoms with Crippen molar-refractivity contribution >= 4 is 16.7 Å². The topological polar surface area (TPSA) is 65.5 Å². The number of anilines is 1. The number of ether oxygens (including phenoxy) is 3. The van der Waals surface area contributed by atoms with Crippen molar-refractivity contribution in [1.82, 2.24) is 9.97 Å². The second kappa shape index (κ2) is 9.66. The number of hydrogen-bond donors (Lipinski definition) is 1. The maximum Gasteiger partial charge on any atom is 0.273 e. The fraction of sp³-hybridized carbons (Fsp3) is 0.440. The monoisotopic (exact) mass is 478 g/mol. The Morgan fingerprint density at radius 2 is 2.00 bits per heavy atom. The van der Waals surface area contributed by atoms with E-state index in [2.05, 4.69) is 15.3 Å². The van der Waals surface area contributed by atoms with Gasteiger partial charge in [-0.3, -0.25) is 0 Å². The first kappa shape index (κ1) is 20.3. The van der Waals surface area contributed by atoms with Crippen molar-refractivity contribution in [3.63, 3.8) is 0 Å². The maximum atomic E-state index is 15.0. The van der Waals surface area contributed by atoms with E-state index in [-0.39, 0.29) is 29.8 Å². The molecule has 2 aromatic carbocycles. The van der Waals surface area contributed by atoms with Crippen LogP contribution in [0.5, 0.6) is 11.5 Å². The molecular weight excluding hydrogens is 447 g/mol. The SMILES string of the molecule is [2H]C([2H])([2H])Oc1cc2nc(C)nc(N[C@H](C)c3cccc(C(C)(F)F)c3F)c2cc1OCCOC1CC1. The van der Waals surface area contributed by atoms with Crippen LogP contribution in [0.4, 0.5) is 19.0 Å². The summed E-state index contributed by atoms with van der Waals surface area (Å²) in [6.45, 7) is 4.38.